The van der Waals surface area contributed by atoms with Crippen LogP contribution >= 0.6 is 11.8 Å². The van der Waals surface area contributed by atoms with Gasteiger partial charge in [0.1, 0.15) is 0 Å². The Morgan fingerprint density at radius 1 is 1.06 bits per heavy atom. The normalized spacial score (nSPS) is 12.4. The molecule has 1 aromatic heterocycles. The Hall–Kier alpha value is -1.32. The van der Waals surface area contributed by atoms with Crippen LogP contribution in [0.3, 0.4) is 0 Å². The molecule has 2 aromatic rings. The number of aromatic nitrogens is 1. The summed E-state index contributed by atoms with van der Waals surface area (Å²) in [5, 5.41) is 0. The van der Waals surface area contributed by atoms with E-state index in [1.807, 2.05) is 24.5 Å². The van der Waals surface area contributed by atoms with Crippen LogP contribution in [0.2, 0.25) is 0 Å². The molecule has 17 heavy (non-hydrogen) atoms. The summed E-state index contributed by atoms with van der Waals surface area (Å²) >= 11 is 1.73. The number of nitrogens with two attached hydrogens (primary N) is 1. The molecule has 88 valence electrons. The zero-order valence-electron chi connectivity index (χ0n) is 9.84. The average molecular weight is 244 g/mol. The highest BCUT2D eigenvalue weighted by Crippen LogP contribution is 2.27. The van der Waals surface area contributed by atoms with Gasteiger partial charge in [-0.1, -0.05) is 30.8 Å². The first-order chi connectivity index (χ1) is 8.29. The van der Waals surface area contributed by atoms with Crippen molar-refractivity contribution >= 4 is 11.8 Å². The lowest BCUT2D eigenvalue weighted by Crippen LogP contribution is -2.07. The topological polar surface area (TPSA) is 38.9 Å². The maximum Gasteiger partial charge on any atom is 0.0292 e. The second-order valence-corrected chi connectivity index (χ2v) is 5.02. The lowest BCUT2D eigenvalue weighted by molar-refractivity contribution is 0.698. The first-order valence-corrected chi connectivity index (χ1v) is 6.54. The third kappa shape index (κ3) is 3.32. The van der Waals surface area contributed by atoms with E-state index < -0.39 is 0 Å². The Bertz CT molecular complexity index is 453. The molecule has 1 heterocycles. The van der Waals surface area contributed by atoms with E-state index in [9.17, 15) is 0 Å². The predicted octanol–water partition coefficient (Wildman–Crippen LogP) is 3.64. The maximum absolute atomic E-state index is 5.98. The van der Waals surface area contributed by atoms with Crippen molar-refractivity contribution in [3.63, 3.8) is 0 Å². The van der Waals surface area contributed by atoms with Crippen molar-refractivity contribution in [3.8, 4) is 0 Å². The van der Waals surface area contributed by atoms with Gasteiger partial charge in [-0.15, -0.1) is 0 Å². The molecule has 0 radical (unpaired) electrons. The SMILES string of the molecule is CCC(N)c1ccc(Sc2ccncc2)cc1. The summed E-state index contributed by atoms with van der Waals surface area (Å²) in [6.07, 6.45) is 4.59. The highest BCUT2D eigenvalue weighted by molar-refractivity contribution is 7.99. The summed E-state index contributed by atoms with van der Waals surface area (Å²) in [7, 11) is 0. The van der Waals surface area contributed by atoms with Crippen molar-refractivity contribution in [2.24, 2.45) is 5.73 Å². The van der Waals surface area contributed by atoms with Crippen molar-refractivity contribution in [3.05, 3.63) is 54.4 Å². The predicted molar refractivity (Wildman–Crippen MR) is 72.0 cm³/mol. The van der Waals surface area contributed by atoms with Crippen molar-refractivity contribution in [2.45, 2.75) is 29.2 Å². The number of nitrogens with zero attached hydrogens (tertiary/aromatic N) is 1. The van der Waals surface area contributed by atoms with Crippen molar-refractivity contribution < 1.29 is 0 Å². The number of benzene rings is 1. The molecule has 0 saturated heterocycles. The van der Waals surface area contributed by atoms with Gasteiger partial charge in [0.25, 0.3) is 0 Å². The second kappa shape index (κ2) is 5.84. The van der Waals surface area contributed by atoms with Gasteiger partial charge in [0.15, 0.2) is 0 Å². The minimum absolute atomic E-state index is 0.148. The van der Waals surface area contributed by atoms with Gasteiger partial charge in [-0.25, -0.2) is 0 Å². The maximum atomic E-state index is 5.98. The van der Waals surface area contributed by atoms with E-state index in [0.29, 0.717) is 0 Å². The fourth-order valence-corrected chi connectivity index (χ4v) is 2.36. The van der Waals surface area contributed by atoms with Gasteiger partial charge in [-0.3, -0.25) is 4.98 Å². The third-order valence-electron chi connectivity index (χ3n) is 2.63. The van der Waals surface area contributed by atoms with Crippen LogP contribution in [0.5, 0.6) is 0 Å². The summed E-state index contributed by atoms with van der Waals surface area (Å²) < 4.78 is 0. The molecule has 2 nitrogen and oxygen atoms in total. The molecule has 1 unspecified atom stereocenters. The summed E-state index contributed by atoms with van der Waals surface area (Å²) in [5.41, 5.74) is 7.18. The lowest BCUT2D eigenvalue weighted by Gasteiger charge is -2.09. The smallest absolute Gasteiger partial charge is 0.0292 e. The second-order valence-electron chi connectivity index (χ2n) is 3.87. The van der Waals surface area contributed by atoms with Crippen LogP contribution in [-0.2, 0) is 0 Å². The quantitative estimate of drug-likeness (QED) is 0.892. The van der Waals surface area contributed by atoms with Crippen LogP contribution in [0, 0.1) is 0 Å². The lowest BCUT2D eigenvalue weighted by atomic mass is 10.1. The molecule has 2 N–H and O–H groups in total. The Kier molecular flexibility index (Phi) is 4.18. The van der Waals surface area contributed by atoms with E-state index in [1.165, 1.54) is 15.4 Å². The van der Waals surface area contributed by atoms with E-state index in [0.717, 1.165) is 6.42 Å². The fourth-order valence-electron chi connectivity index (χ4n) is 1.56. The van der Waals surface area contributed by atoms with Crippen LogP contribution in [0.25, 0.3) is 0 Å². The molecule has 0 saturated carbocycles. The zero-order valence-corrected chi connectivity index (χ0v) is 10.7. The molecular formula is C14H16N2S. The van der Waals surface area contributed by atoms with Gasteiger partial charge in [-0.05, 0) is 36.2 Å². The van der Waals surface area contributed by atoms with Crippen LogP contribution in [-0.4, -0.2) is 4.98 Å². The third-order valence-corrected chi connectivity index (χ3v) is 3.65. The summed E-state index contributed by atoms with van der Waals surface area (Å²) in [4.78, 5) is 6.43. The number of rotatable bonds is 4. The van der Waals surface area contributed by atoms with Gasteiger partial charge in [0, 0.05) is 28.2 Å². The van der Waals surface area contributed by atoms with E-state index in [1.54, 1.807) is 11.8 Å². The average Bonchev–Trinajstić information content (AvgIpc) is 2.40. The van der Waals surface area contributed by atoms with Crippen molar-refractivity contribution in [2.75, 3.05) is 0 Å². The molecule has 1 aromatic carbocycles. The molecule has 0 bridgehead atoms. The van der Waals surface area contributed by atoms with Gasteiger partial charge in [0.2, 0.25) is 0 Å². The standard InChI is InChI=1S/C14H16N2S/c1-2-14(15)11-3-5-12(6-4-11)17-13-7-9-16-10-8-13/h3-10,14H,2,15H2,1H3. The number of pyridine rings is 1. The summed E-state index contributed by atoms with van der Waals surface area (Å²) in [6, 6.07) is 12.6. The molecule has 2 rings (SSSR count). The largest absolute Gasteiger partial charge is 0.324 e. The van der Waals surface area contributed by atoms with Crippen molar-refractivity contribution in [1.82, 2.24) is 4.98 Å². The minimum Gasteiger partial charge on any atom is -0.324 e. The first kappa shape index (κ1) is 12.1. The molecule has 0 spiro atoms. The molecule has 0 amide bonds. The van der Waals surface area contributed by atoms with E-state index in [-0.39, 0.29) is 6.04 Å². The fraction of sp³-hybridized carbons (Fsp3) is 0.214. The van der Waals surface area contributed by atoms with Crippen LogP contribution in [0.4, 0.5) is 0 Å². The van der Waals surface area contributed by atoms with E-state index in [4.69, 9.17) is 5.73 Å². The van der Waals surface area contributed by atoms with Crippen LogP contribution in [0.15, 0.2) is 58.6 Å². The van der Waals surface area contributed by atoms with Gasteiger partial charge < -0.3 is 5.73 Å². The van der Waals surface area contributed by atoms with Crippen LogP contribution < -0.4 is 5.73 Å². The van der Waals surface area contributed by atoms with Gasteiger partial charge in [-0.2, -0.15) is 0 Å². The van der Waals surface area contributed by atoms with E-state index in [2.05, 4.69) is 36.2 Å². The molecule has 0 aliphatic heterocycles. The summed E-state index contributed by atoms with van der Waals surface area (Å²) in [5.74, 6) is 0. The highest BCUT2D eigenvalue weighted by atomic mass is 32.2. The Labute approximate surface area is 106 Å². The molecule has 0 aliphatic carbocycles. The van der Waals surface area contributed by atoms with E-state index >= 15 is 0 Å². The van der Waals surface area contributed by atoms with Crippen LogP contribution in [0.1, 0.15) is 24.9 Å². The summed E-state index contributed by atoms with van der Waals surface area (Å²) in [6.45, 7) is 2.10. The molecule has 1 atom stereocenters. The zero-order chi connectivity index (χ0) is 12.1. The van der Waals surface area contributed by atoms with Gasteiger partial charge in [0.05, 0.1) is 0 Å². The monoisotopic (exact) mass is 244 g/mol. The Balaban J connectivity index is 2.08. The molecule has 0 fully saturated rings. The molecule has 0 aliphatic rings. The number of hydrogen-bond donors (Lipinski definition) is 1. The Morgan fingerprint density at radius 2 is 1.65 bits per heavy atom. The molecule has 3 heteroatoms. The van der Waals surface area contributed by atoms with Gasteiger partial charge >= 0.3 is 0 Å². The number of hydrogen-bond acceptors (Lipinski definition) is 3. The minimum atomic E-state index is 0.148. The highest BCUT2D eigenvalue weighted by Gasteiger charge is 2.03. The Morgan fingerprint density at radius 3 is 2.24 bits per heavy atom. The molecular weight excluding hydrogens is 228 g/mol. The van der Waals surface area contributed by atoms with Crippen molar-refractivity contribution in [1.29, 1.82) is 0 Å². The first-order valence-electron chi connectivity index (χ1n) is 5.73.